The normalized spacial score (nSPS) is 12.5. The first-order valence-electron chi connectivity index (χ1n) is 18.3. The Bertz CT molecular complexity index is 2340. The number of pyridine rings is 1. The molecular weight excluding hydrogens is 820 g/mol. The Kier molecular flexibility index (Phi) is 10.7. The van der Waals surface area contributed by atoms with Gasteiger partial charge in [-0.05, 0) is 75.6 Å². The van der Waals surface area contributed by atoms with E-state index in [1.807, 2.05) is 24.4 Å². The van der Waals surface area contributed by atoms with Crippen LogP contribution in [0, 0.1) is 12.1 Å². The van der Waals surface area contributed by atoms with Crippen molar-refractivity contribution in [1.82, 2.24) is 19.3 Å². The average Bonchev–Trinajstić information content (AvgIpc) is 3.68. The van der Waals surface area contributed by atoms with Crippen LogP contribution in [0.25, 0.3) is 44.4 Å². The first-order chi connectivity index (χ1) is 24.4. The third-order valence-electron chi connectivity index (χ3n) is 10.0. The predicted molar refractivity (Wildman–Crippen MR) is 211 cm³/mol. The number of benzene rings is 4. The molecule has 4 aromatic carbocycles. The van der Waals surface area contributed by atoms with Crippen LogP contribution in [0.15, 0.2) is 97.2 Å². The number of hydrogen-bond donors (Lipinski definition) is 0. The van der Waals surface area contributed by atoms with Crippen LogP contribution in [0.5, 0.6) is 11.5 Å². The molecule has 0 N–H and O–H groups in total. The summed E-state index contributed by atoms with van der Waals surface area (Å²) >= 11 is 0. The standard InChI is InChI=1S/C46H48N4O.Pt/c1-10-31(6)33-19-22-40-39(25-33)38-21-20-37(28-41(38)49(40)42-26-34(23-24-47-42)46(7,8)9)51-36-18-14-17-35(27-36)50-45(30(4)5)43(44(48-50)29(2)3)32-15-12-11-13-16-32;/h11-26,29-31H,10H2,1-9H3;/q-2;+2. The van der Waals surface area contributed by atoms with Crippen LogP contribution in [-0.4, -0.2) is 19.3 Å². The van der Waals surface area contributed by atoms with Crippen molar-refractivity contribution < 1.29 is 25.8 Å². The maximum Gasteiger partial charge on any atom is 2.00 e. The van der Waals surface area contributed by atoms with Gasteiger partial charge in [0.05, 0.1) is 11.4 Å². The maximum atomic E-state index is 6.58. The Balaban J connectivity index is 0.00000464. The fraction of sp³-hybridized carbons (Fsp3) is 0.304. The van der Waals surface area contributed by atoms with Crippen LogP contribution in [-0.2, 0) is 26.5 Å². The van der Waals surface area contributed by atoms with Crippen LogP contribution in [0.1, 0.15) is 109 Å². The van der Waals surface area contributed by atoms with E-state index >= 15 is 0 Å². The smallest absolute Gasteiger partial charge is 0.509 e. The molecule has 0 amide bonds. The van der Waals surface area contributed by atoms with Gasteiger partial charge >= 0.3 is 21.1 Å². The van der Waals surface area contributed by atoms with E-state index < -0.39 is 0 Å². The Morgan fingerprint density at radius 1 is 0.769 bits per heavy atom. The summed E-state index contributed by atoms with van der Waals surface area (Å²) in [7, 11) is 0. The second kappa shape index (κ2) is 14.9. The van der Waals surface area contributed by atoms with Crippen LogP contribution >= 0.6 is 0 Å². The van der Waals surface area contributed by atoms with Crippen molar-refractivity contribution in [2.75, 3.05) is 0 Å². The Morgan fingerprint density at radius 2 is 1.52 bits per heavy atom. The van der Waals surface area contributed by atoms with Gasteiger partial charge in [-0.1, -0.05) is 110 Å². The minimum atomic E-state index is -0.0131. The summed E-state index contributed by atoms with van der Waals surface area (Å²) < 4.78 is 10.9. The van der Waals surface area contributed by atoms with Gasteiger partial charge in [0.15, 0.2) is 0 Å². The zero-order valence-electron chi connectivity index (χ0n) is 31.7. The van der Waals surface area contributed by atoms with Gasteiger partial charge < -0.3 is 9.30 Å². The van der Waals surface area contributed by atoms with Gasteiger partial charge in [0, 0.05) is 28.8 Å². The molecule has 6 heteroatoms. The summed E-state index contributed by atoms with van der Waals surface area (Å²) in [6.07, 6.45) is 3.00. The molecule has 0 spiro atoms. The summed E-state index contributed by atoms with van der Waals surface area (Å²) in [6.45, 7) is 20.1. The molecule has 3 aromatic heterocycles. The zero-order chi connectivity index (χ0) is 36.0. The topological polar surface area (TPSA) is 44.9 Å². The molecule has 1 atom stereocenters. The predicted octanol–water partition coefficient (Wildman–Crippen LogP) is 12.5. The second-order valence-electron chi connectivity index (χ2n) is 15.4. The van der Waals surface area contributed by atoms with Crippen LogP contribution in [0.2, 0.25) is 0 Å². The molecule has 0 saturated heterocycles. The quantitative estimate of drug-likeness (QED) is 0.136. The molecule has 7 rings (SSSR count). The number of aromatic nitrogens is 4. The van der Waals surface area contributed by atoms with Crippen molar-refractivity contribution in [2.24, 2.45) is 0 Å². The van der Waals surface area contributed by atoms with E-state index in [-0.39, 0.29) is 38.3 Å². The van der Waals surface area contributed by atoms with Crippen LogP contribution < -0.4 is 4.74 Å². The molecular formula is C46H48N4OPt. The molecule has 0 aliphatic heterocycles. The van der Waals surface area contributed by atoms with Gasteiger partial charge in [-0.15, -0.1) is 35.7 Å². The molecule has 0 aliphatic rings. The third-order valence-corrected chi connectivity index (χ3v) is 10.0. The Labute approximate surface area is 323 Å². The second-order valence-corrected chi connectivity index (χ2v) is 15.4. The molecule has 268 valence electrons. The first kappa shape index (κ1) is 37.3. The van der Waals surface area contributed by atoms with Gasteiger partial charge in [-0.25, -0.2) is 4.98 Å². The van der Waals surface area contributed by atoms with Crippen LogP contribution in [0.3, 0.4) is 0 Å². The van der Waals surface area contributed by atoms with E-state index in [0.29, 0.717) is 17.4 Å². The fourth-order valence-electron chi connectivity index (χ4n) is 7.00. The van der Waals surface area contributed by atoms with Crippen LogP contribution in [0.4, 0.5) is 0 Å². The monoisotopic (exact) mass is 867 g/mol. The van der Waals surface area contributed by atoms with Crippen molar-refractivity contribution >= 4 is 21.8 Å². The van der Waals surface area contributed by atoms with Crippen molar-refractivity contribution in [1.29, 1.82) is 0 Å². The van der Waals surface area contributed by atoms with Gasteiger partial charge in [0.25, 0.3) is 0 Å². The minimum absolute atomic E-state index is 0. The number of hydrogen-bond acceptors (Lipinski definition) is 3. The van der Waals surface area contributed by atoms with E-state index in [4.69, 9.17) is 14.8 Å². The summed E-state index contributed by atoms with van der Waals surface area (Å²) in [5, 5.41) is 7.51. The van der Waals surface area contributed by atoms with E-state index in [9.17, 15) is 0 Å². The Hall–Kier alpha value is -4.47. The van der Waals surface area contributed by atoms with Gasteiger partial charge in [-0.3, -0.25) is 4.68 Å². The molecule has 1 unspecified atom stereocenters. The van der Waals surface area contributed by atoms with Gasteiger partial charge in [-0.2, -0.15) is 17.2 Å². The van der Waals surface area contributed by atoms with E-state index in [0.717, 1.165) is 45.7 Å². The summed E-state index contributed by atoms with van der Waals surface area (Å²) in [6, 6.07) is 39.1. The summed E-state index contributed by atoms with van der Waals surface area (Å²) in [5.74, 6) is 3.06. The largest absolute Gasteiger partial charge is 2.00 e. The molecule has 0 radical (unpaired) electrons. The van der Waals surface area contributed by atoms with Crippen molar-refractivity contribution in [3.05, 3.63) is 132 Å². The molecule has 0 aliphatic carbocycles. The fourth-order valence-corrected chi connectivity index (χ4v) is 7.00. The maximum absolute atomic E-state index is 6.58. The third kappa shape index (κ3) is 7.00. The number of nitrogens with zero attached hydrogens (tertiary/aromatic N) is 4. The summed E-state index contributed by atoms with van der Waals surface area (Å²) in [4.78, 5) is 4.88. The molecule has 0 bridgehead atoms. The van der Waals surface area contributed by atoms with Gasteiger partial charge in [0.1, 0.15) is 5.82 Å². The molecule has 5 nitrogen and oxygen atoms in total. The van der Waals surface area contributed by atoms with E-state index in [2.05, 4.69) is 156 Å². The van der Waals surface area contributed by atoms with E-state index in [1.165, 1.54) is 27.6 Å². The van der Waals surface area contributed by atoms with Crippen molar-refractivity contribution in [3.8, 4) is 34.1 Å². The minimum Gasteiger partial charge on any atom is -0.509 e. The molecule has 3 heterocycles. The van der Waals surface area contributed by atoms with E-state index in [1.54, 1.807) is 0 Å². The molecule has 0 fully saturated rings. The average molecular weight is 868 g/mol. The molecule has 52 heavy (non-hydrogen) atoms. The van der Waals surface area contributed by atoms with Crippen molar-refractivity contribution in [3.63, 3.8) is 0 Å². The molecule has 0 saturated carbocycles. The zero-order valence-corrected chi connectivity index (χ0v) is 34.0. The number of fused-ring (bicyclic) bond motifs is 3. The Morgan fingerprint density at radius 3 is 2.21 bits per heavy atom. The number of rotatable bonds is 9. The van der Waals surface area contributed by atoms with Crippen molar-refractivity contribution in [2.45, 2.75) is 91.9 Å². The summed E-state index contributed by atoms with van der Waals surface area (Å²) in [5.41, 5.74) is 10.1. The SMILES string of the molecule is CCC(C)c1ccc2c(c1)c1ccc(Oc3[c-]c(-n4nc(C(C)C)c(-c5ccccc5)c4C(C)C)ccc3)[c-]c1n2-c1cc(C(C)(C)C)ccn1.[Pt+2]. The first-order valence-corrected chi connectivity index (χ1v) is 18.3. The molecule has 7 aromatic rings. The van der Waals surface area contributed by atoms with Gasteiger partial charge in [0.2, 0.25) is 0 Å². The number of ether oxygens (including phenoxy) is 1.